The predicted octanol–water partition coefficient (Wildman–Crippen LogP) is 2.33. The lowest BCUT2D eigenvalue weighted by Crippen LogP contribution is -2.19. The highest BCUT2D eigenvalue weighted by atomic mass is 35.5. The van der Waals surface area contributed by atoms with Gasteiger partial charge in [0.25, 0.3) is 0 Å². The highest BCUT2D eigenvalue weighted by Gasteiger charge is 2.18. The molecule has 0 fully saturated rings. The fraction of sp³-hybridized carbons (Fsp3) is 0.0769. The van der Waals surface area contributed by atoms with Crippen molar-refractivity contribution in [3.63, 3.8) is 0 Å². The molecule has 3 aromatic rings. The third-order valence-corrected chi connectivity index (χ3v) is 3.74. The Labute approximate surface area is 128 Å². The van der Waals surface area contributed by atoms with Crippen LogP contribution in [-0.4, -0.2) is 25.8 Å². The number of hydrogen-bond donors (Lipinski definition) is 1. The molecule has 0 saturated heterocycles. The van der Waals surface area contributed by atoms with E-state index in [1.807, 2.05) is 6.07 Å². The Morgan fingerprint density at radius 1 is 1.38 bits per heavy atom. The van der Waals surface area contributed by atoms with Crippen molar-refractivity contribution in [1.29, 1.82) is 5.26 Å². The molecule has 0 aliphatic heterocycles. The summed E-state index contributed by atoms with van der Waals surface area (Å²) in [5, 5.41) is 14.3. The van der Waals surface area contributed by atoms with Crippen LogP contribution < -0.4 is 5.69 Å². The average molecular weight is 318 g/mol. The van der Waals surface area contributed by atoms with Crippen LogP contribution in [0.2, 0.25) is 5.02 Å². The first-order valence-electron chi connectivity index (χ1n) is 5.87. The molecule has 0 unspecified atom stereocenters. The molecule has 0 aliphatic carbocycles. The quantitative estimate of drug-likeness (QED) is 0.733. The van der Waals surface area contributed by atoms with Crippen molar-refractivity contribution in [1.82, 2.24) is 19.6 Å². The summed E-state index contributed by atoms with van der Waals surface area (Å²) in [7, 11) is 0. The number of H-pyrrole nitrogens is 1. The molecule has 0 aliphatic rings. The van der Waals surface area contributed by atoms with Crippen molar-refractivity contribution in [2.75, 3.05) is 6.26 Å². The molecule has 0 amide bonds. The predicted molar refractivity (Wildman–Crippen MR) is 80.5 cm³/mol. The monoisotopic (exact) mass is 317 g/mol. The molecule has 6 nitrogen and oxygen atoms in total. The molecular formula is C13H8ClN5OS. The second-order valence-corrected chi connectivity index (χ2v) is 5.36. The van der Waals surface area contributed by atoms with Crippen LogP contribution in [0.1, 0.15) is 5.69 Å². The third-order valence-electron chi connectivity index (χ3n) is 2.91. The molecule has 21 heavy (non-hydrogen) atoms. The molecule has 1 N–H and O–H groups in total. The van der Waals surface area contributed by atoms with Gasteiger partial charge in [-0.15, -0.1) is 0 Å². The van der Waals surface area contributed by atoms with Gasteiger partial charge in [-0.3, -0.25) is 4.98 Å². The largest absolute Gasteiger partial charge is 0.350 e. The zero-order valence-corrected chi connectivity index (χ0v) is 12.4. The number of thioether (sulfide) groups is 1. The maximum Gasteiger partial charge on any atom is 0.350 e. The summed E-state index contributed by atoms with van der Waals surface area (Å²) in [6.45, 7) is 0. The molecule has 8 heteroatoms. The van der Waals surface area contributed by atoms with Gasteiger partial charge >= 0.3 is 5.69 Å². The Hall–Kier alpha value is -2.30. The smallest absolute Gasteiger partial charge is 0.285 e. The number of nitriles is 1. The minimum atomic E-state index is -0.430. The van der Waals surface area contributed by atoms with Crippen molar-refractivity contribution in [2.24, 2.45) is 0 Å². The van der Waals surface area contributed by atoms with Gasteiger partial charge in [-0.2, -0.15) is 14.9 Å². The highest BCUT2D eigenvalue weighted by Crippen LogP contribution is 2.28. The van der Waals surface area contributed by atoms with E-state index < -0.39 is 5.69 Å². The van der Waals surface area contributed by atoms with Crippen LogP contribution in [0.4, 0.5) is 0 Å². The van der Waals surface area contributed by atoms with Crippen LogP contribution in [-0.2, 0) is 0 Å². The molecular weight excluding hydrogens is 310 g/mol. The van der Waals surface area contributed by atoms with Gasteiger partial charge in [0.05, 0.1) is 5.56 Å². The van der Waals surface area contributed by atoms with Gasteiger partial charge in [-0.1, -0.05) is 35.5 Å². The van der Waals surface area contributed by atoms with E-state index in [-0.39, 0.29) is 5.69 Å². The van der Waals surface area contributed by atoms with E-state index in [0.717, 1.165) is 10.1 Å². The van der Waals surface area contributed by atoms with Gasteiger partial charge in [-0.05, 0) is 24.0 Å². The van der Waals surface area contributed by atoms with E-state index in [4.69, 9.17) is 11.6 Å². The summed E-state index contributed by atoms with van der Waals surface area (Å²) in [6.07, 6.45) is 1.80. The summed E-state index contributed by atoms with van der Waals surface area (Å²) < 4.78 is 1.10. The molecule has 1 aromatic carbocycles. The lowest BCUT2D eigenvalue weighted by Gasteiger charge is -2.01. The standard InChI is InChI=1S/C13H8ClN5OS/c1-21-12-16-11-10(7-2-4-8(14)5-3-7)9(6-15)18-19(11)13(20)17-12/h2-5H,1H3,(H,16,17,20). The number of rotatable bonds is 2. The first-order valence-corrected chi connectivity index (χ1v) is 7.47. The van der Waals surface area contributed by atoms with E-state index >= 15 is 0 Å². The van der Waals surface area contributed by atoms with E-state index in [2.05, 4.69) is 15.1 Å². The Kier molecular flexibility index (Phi) is 3.41. The fourth-order valence-corrected chi connectivity index (χ4v) is 2.47. The maximum absolute atomic E-state index is 12.0. The molecule has 0 spiro atoms. The topological polar surface area (TPSA) is 86.8 Å². The van der Waals surface area contributed by atoms with Crippen molar-refractivity contribution in [3.8, 4) is 17.2 Å². The molecule has 0 saturated carbocycles. The van der Waals surface area contributed by atoms with E-state index in [0.29, 0.717) is 21.4 Å². The van der Waals surface area contributed by atoms with Gasteiger partial charge in [0, 0.05) is 5.02 Å². The minimum absolute atomic E-state index is 0.147. The summed E-state index contributed by atoms with van der Waals surface area (Å²) in [4.78, 5) is 18.9. The number of nitrogens with one attached hydrogen (secondary N) is 1. The first kappa shape index (κ1) is 13.7. The van der Waals surface area contributed by atoms with Crippen LogP contribution >= 0.6 is 23.4 Å². The van der Waals surface area contributed by atoms with Crippen LogP contribution in [0.5, 0.6) is 0 Å². The fourth-order valence-electron chi connectivity index (χ4n) is 1.98. The molecule has 104 valence electrons. The lowest BCUT2D eigenvalue weighted by molar-refractivity contribution is 0.785. The van der Waals surface area contributed by atoms with Gasteiger partial charge in [0.2, 0.25) is 0 Å². The molecule has 2 aromatic heterocycles. The van der Waals surface area contributed by atoms with Crippen LogP contribution in [0.25, 0.3) is 16.8 Å². The number of fused-ring (bicyclic) bond motifs is 1. The van der Waals surface area contributed by atoms with Crippen molar-refractivity contribution >= 4 is 29.0 Å². The van der Waals surface area contributed by atoms with E-state index in [1.54, 1.807) is 30.5 Å². The second-order valence-electron chi connectivity index (χ2n) is 4.13. The number of nitrogens with zero attached hydrogens (tertiary/aromatic N) is 4. The second kappa shape index (κ2) is 5.24. The molecule has 0 atom stereocenters. The number of aromatic nitrogens is 4. The first-order chi connectivity index (χ1) is 10.1. The average Bonchev–Trinajstić information content (AvgIpc) is 2.87. The summed E-state index contributed by atoms with van der Waals surface area (Å²) in [5.74, 6) is 0. The number of halogens is 1. The van der Waals surface area contributed by atoms with Gasteiger partial charge in [-0.25, -0.2) is 9.78 Å². The summed E-state index contributed by atoms with van der Waals surface area (Å²) in [6, 6.07) is 8.95. The third kappa shape index (κ3) is 2.28. The van der Waals surface area contributed by atoms with Crippen LogP contribution in [0, 0.1) is 11.3 Å². The number of hydrogen-bond acceptors (Lipinski definition) is 5. The molecule has 3 rings (SSSR count). The molecule has 0 bridgehead atoms. The van der Waals surface area contributed by atoms with Crippen molar-refractivity contribution < 1.29 is 0 Å². The zero-order valence-electron chi connectivity index (χ0n) is 10.8. The van der Waals surface area contributed by atoms with Gasteiger partial charge < -0.3 is 0 Å². The summed E-state index contributed by atoms with van der Waals surface area (Å²) >= 11 is 7.19. The molecule has 2 heterocycles. The maximum atomic E-state index is 12.0. The Bertz CT molecular complexity index is 923. The van der Waals surface area contributed by atoms with E-state index in [1.165, 1.54) is 11.8 Å². The van der Waals surface area contributed by atoms with Crippen molar-refractivity contribution in [3.05, 3.63) is 45.5 Å². The number of benzene rings is 1. The van der Waals surface area contributed by atoms with Crippen LogP contribution in [0.15, 0.2) is 34.2 Å². The van der Waals surface area contributed by atoms with Crippen molar-refractivity contribution in [2.45, 2.75) is 5.16 Å². The Balaban J connectivity index is 2.40. The van der Waals surface area contributed by atoms with Gasteiger partial charge in [0.1, 0.15) is 6.07 Å². The normalized spacial score (nSPS) is 10.7. The SMILES string of the molecule is CSc1nc2c(-c3ccc(Cl)cc3)c(C#N)nn2c(=O)[nH]1. The van der Waals surface area contributed by atoms with Gasteiger partial charge in [0.15, 0.2) is 16.5 Å². The lowest BCUT2D eigenvalue weighted by atomic mass is 10.1. The zero-order chi connectivity index (χ0) is 15.0. The minimum Gasteiger partial charge on any atom is -0.285 e. The summed E-state index contributed by atoms with van der Waals surface area (Å²) in [5.41, 5.74) is 1.32. The highest BCUT2D eigenvalue weighted by molar-refractivity contribution is 7.98. The Morgan fingerprint density at radius 3 is 2.71 bits per heavy atom. The Morgan fingerprint density at radius 2 is 2.10 bits per heavy atom. The van der Waals surface area contributed by atoms with E-state index in [9.17, 15) is 10.1 Å². The molecule has 0 radical (unpaired) electrons. The van der Waals surface area contributed by atoms with Crippen LogP contribution in [0.3, 0.4) is 0 Å². The number of aromatic amines is 1.